The summed E-state index contributed by atoms with van der Waals surface area (Å²) in [4.78, 5) is 8.91. The Morgan fingerprint density at radius 2 is 2.20 bits per heavy atom. The van der Waals surface area contributed by atoms with Crippen LogP contribution >= 0.6 is 27.5 Å². The maximum absolute atomic E-state index is 6.02. The van der Waals surface area contributed by atoms with E-state index in [-0.39, 0.29) is 0 Å². The number of methoxy groups -OCH3 is 1. The molecule has 0 aliphatic carbocycles. The van der Waals surface area contributed by atoms with Crippen molar-refractivity contribution in [1.82, 2.24) is 14.5 Å². The summed E-state index contributed by atoms with van der Waals surface area (Å²) in [5.74, 6) is 1.82. The first-order valence-electron chi connectivity index (χ1n) is 5.97. The molecule has 0 spiro atoms. The fourth-order valence-electron chi connectivity index (χ4n) is 2.09. The van der Waals surface area contributed by atoms with E-state index >= 15 is 0 Å². The molecule has 0 saturated carbocycles. The SMILES string of the molecule is COc1ccc(Br)c(-n2c(CCl)nc3cccnc32)c1. The van der Waals surface area contributed by atoms with Gasteiger partial charge >= 0.3 is 0 Å². The number of aromatic nitrogens is 3. The van der Waals surface area contributed by atoms with E-state index in [1.807, 2.05) is 34.9 Å². The standard InChI is InChI=1S/C14H11BrClN3O/c1-20-9-4-5-10(15)12(7-9)19-13(8-16)18-11-3-2-6-17-14(11)19/h2-7H,8H2,1H3. The molecule has 6 heteroatoms. The highest BCUT2D eigenvalue weighted by atomic mass is 79.9. The van der Waals surface area contributed by atoms with Crippen LogP contribution in [0.2, 0.25) is 0 Å². The first kappa shape index (κ1) is 13.4. The van der Waals surface area contributed by atoms with Gasteiger partial charge in [0.25, 0.3) is 0 Å². The van der Waals surface area contributed by atoms with E-state index in [9.17, 15) is 0 Å². The predicted molar refractivity (Wildman–Crippen MR) is 82.7 cm³/mol. The maximum atomic E-state index is 6.02. The minimum absolute atomic E-state index is 0.306. The van der Waals surface area contributed by atoms with Crippen molar-refractivity contribution in [3.63, 3.8) is 0 Å². The lowest BCUT2D eigenvalue weighted by atomic mass is 10.3. The summed E-state index contributed by atoms with van der Waals surface area (Å²) >= 11 is 9.58. The molecule has 3 aromatic rings. The Bertz CT molecular complexity index is 772. The van der Waals surface area contributed by atoms with Crippen molar-refractivity contribution in [1.29, 1.82) is 0 Å². The number of rotatable bonds is 3. The number of nitrogens with zero attached hydrogens (tertiary/aromatic N) is 3. The number of halogens is 2. The first-order chi connectivity index (χ1) is 9.74. The van der Waals surface area contributed by atoms with Crippen molar-refractivity contribution in [2.45, 2.75) is 5.88 Å². The Morgan fingerprint density at radius 3 is 2.95 bits per heavy atom. The number of ether oxygens (including phenoxy) is 1. The molecule has 0 saturated heterocycles. The van der Waals surface area contributed by atoms with Gasteiger partial charge in [-0.05, 0) is 40.2 Å². The molecule has 0 amide bonds. The van der Waals surface area contributed by atoms with E-state index in [2.05, 4.69) is 25.9 Å². The second-order valence-corrected chi connectivity index (χ2v) is 5.28. The molecular formula is C14H11BrClN3O. The van der Waals surface area contributed by atoms with Crippen molar-refractivity contribution >= 4 is 38.7 Å². The zero-order valence-corrected chi connectivity index (χ0v) is 13.0. The van der Waals surface area contributed by atoms with Crippen LogP contribution in [-0.2, 0) is 5.88 Å². The maximum Gasteiger partial charge on any atom is 0.164 e. The number of fused-ring (bicyclic) bond motifs is 1. The number of imidazole rings is 1. The fourth-order valence-corrected chi connectivity index (χ4v) is 2.70. The average Bonchev–Trinajstić information content (AvgIpc) is 2.86. The Morgan fingerprint density at radius 1 is 1.35 bits per heavy atom. The minimum atomic E-state index is 0.306. The molecule has 1 aromatic carbocycles. The van der Waals surface area contributed by atoms with Crippen molar-refractivity contribution < 1.29 is 4.74 Å². The van der Waals surface area contributed by atoms with Gasteiger partial charge in [-0.25, -0.2) is 9.97 Å². The lowest BCUT2D eigenvalue weighted by Gasteiger charge is -2.11. The van der Waals surface area contributed by atoms with Gasteiger partial charge in [0.2, 0.25) is 0 Å². The Labute approximate surface area is 129 Å². The molecule has 3 rings (SSSR count). The monoisotopic (exact) mass is 351 g/mol. The van der Waals surface area contributed by atoms with Gasteiger partial charge in [0.1, 0.15) is 17.1 Å². The molecule has 0 aliphatic heterocycles. The van der Waals surface area contributed by atoms with Crippen molar-refractivity contribution in [3.8, 4) is 11.4 Å². The largest absolute Gasteiger partial charge is 0.497 e. The zero-order chi connectivity index (χ0) is 14.1. The lowest BCUT2D eigenvalue weighted by molar-refractivity contribution is 0.414. The van der Waals surface area contributed by atoms with Gasteiger partial charge in [0.05, 0.1) is 18.7 Å². The molecule has 0 atom stereocenters. The second-order valence-electron chi connectivity index (χ2n) is 4.16. The number of hydrogen-bond acceptors (Lipinski definition) is 3. The Kier molecular flexibility index (Phi) is 3.63. The van der Waals surface area contributed by atoms with Gasteiger partial charge in [-0.1, -0.05) is 0 Å². The Hall–Kier alpha value is -1.59. The molecule has 2 aromatic heterocycles. The summed E-state index contributed by atoms with van der Waals surface area (Å²) in [5.41, 5.74) is 2.50. The molecule has 0 radical (unpaired) electrons. The van der Waals surface area contributed by atoms with Crippen LogP contribution in [0, 0.1) is 0 Å². The molecule has 0 aliphatic rings. The fraction of sp³-hybridized carbons (Fsp3) is 0.143. The van der Waals surface area contributed by atoms with Gasteiger partial charge < -0.3 is 4.74 Å². The van der Waals surface area contributed by atoms with E-state index in [1.54, 1.807) is 13.3 Å². The summed E-state index contributed by atoms with van der Waals surface area (Å²) in [7, 11) is 1.64. The summed E-state index contributed by atoms with van der Waals surface area (Å²) < 4.78 is 8.15. The zero-order valence-electron chi connectivity index (χ0n) is 10.7. The van der Waals surface area contributed by atoms with E-state index in [4.69, 9.17) is 16.3 Å². The topological polar surface area (TPSA) is 39.9 Å². The summed E-state index contributed by atoms with van der Waals surface area (Å²) in [6.07, 6.45) is 1.74. The molecule has 102 valence electrons. The van der Waals surface area contributed by atoms with E-state index in [1.165, 1.54) is 0 Å². The van der Waals surface area contributed by atoms with Crippen LogP contribution in [0.5, 0.6) is 5.75 Å². The molecular weight excluding hydrogens is 342 g/mol. The number of pyridine rings is 1. The number of alkyl halides is 1. The van der Waals surface area contributed by atoms with Gasteiger partial charge in [-0.2, -0.15) is 0 Å². The summed E-state index contributed by atoms with van der Waals surface area (Å²) in [6.45, 7) is 0. The highest BCUT2D eigenvalue weighted by molar-refractivity contribution is 9.10. The number of benzene rings is 1. The van der Waals surface area contributed by atoms with Gasteiger partial charge in [0.15, 0.2) is 5.65 Å². The van der Waals surface area contributed by atoms with Crippen LogP contribution in [0.3, 0.4) is 0 Å². The highest BCUT2D eigenvalue weighted by Crippen LogP contribution is 2.30. The van der Waals surface area contributed by atoms with Gasteiger partial charge in [-0.3, -0.25) is 4.57 Å². The summed E-state index contributed by atoms with van der Waals surface area (Å²) in [6, 6.07) is 9.53. The third-order valence-electron chi connectivity index (χ3n) is 3.00. The molecule has 0 N–H and O–H groups in total. The normalized spacial score (nSPS) is 10.9. The van der Waals surface area contributed by atoms with Crippen LogP contribution in [0.4, 0.5) is 0 Å². The van der Waals surface area contributed by atoms with Crippen molar-refractivity contribution in [2.75, 3.05) is 7.11 Å². The van der Waals surface area contributed by atoms with Crippen molar-refractivity contribution in [3.05, 3.63) is 46.8 Å². The molecule has 2 heterocycles. The van der Waals surface area contributed by atoms with Crippen LogP contribution in [0.25, 0.3) is 16.9 Å². The smallest absolute Gasteiger partial charge is 0.164 e. The van der Waals surface area contributed by atoms with E-state index < -0.39 is 0 Å². The lowest BCUT2D eigenvalue weighted by Crippen LogP contribution is -2.01. The summed E-state index contributed by atoms with van der Waals surface area (Å²) in [5, 5.41) is 0. The van der Waals surface area contributed by atoms with Gasteiger partial charge in [-0.15, -0.1) is 11.6 Å². The molecule has 4 nitrogen and oxygen atoms in total. The quantitative estimate of drug-likeness (QED) is 0.671. The van der Waals surface area contributed by atoms with Crippen molar-refractivity contribution in [2.24, 2.45) is 0 Å². The number of hydrogen-bond donors (Lipinski definition) is 0. The van der Waals surface area contributed by atoms with Crippen LogP contribution in [-0.4, -0.2) is 21.6 Å². The average molecular weight is 353 g/mol. The van der Waals surface area contributed by atoms with Crippen LogP contribution in [0.1, 0.15) is 5.82 Å². The Balaban J connectivity index is 2.33. The van der Waals surface area contributed by atoms with E-state index in [0.717, 1.165) is 32.9 Å². The third kappa shape index (κ3) is 2.17. The second kappa shape index (κ2) is 5.42. The predicted octanol–water partition coefficient (Wildman–Crippen LogP) is 3.93. The molecule has 0 fully saturated rings. The van der Waals surface area contributed by atoms with Gasteiger partial charge in [0, 0.05) is 16.7 Å². The molecule has 20 heavy (non-hydrogen) atoms. The van der Waals surface area contributed by atoms with Crippen LogP contribution in [0.15, 0.2) is 41.0 Å². The third-order valence-corrected chi connectivity index (χ3v) is 3.91. The van der Waals surface area contributed by atoms with Crippen LogP contribution < -0.4 is 4.74 Å². The first-order valence-corrected chi connectivity index (χ1v) is 7.29. The molecule has 0 unspecified atom stereocenters. The highest BCUT2D eigenvalue weighted by Gasteiger charge is 2.15. The molecule has 0 bridgehead atoms. The minimum Gasteiger partial charge on any atom is -0.497 e. The van der Waals surface area contributed by atoms with E-state index in [0.29, 0.717) is 5.88 Å².